The summed E-state index contributed by atoms with van der Waals surface area (Å²) in [6, 6.07) is 5.52. The Kier molecular flexibility index (Phi) is 5.10. The van der Waals surface area contributed by atoms with Crippen LogP contribution >= 0.6 is 27.7 Å². The Balaban J connectivity index is 2.05. The number of rotatable bonds is 4. The minimum Gasteiger partial charge on any atom is -0.377 e. The molecule has 1 aliphatic rings. The summed E-state index contributed by atoms with van der Waals surface area (Å²) in [4.78, 5) is 10.7. The van der Waals surface area contributed by atoms with E-state index in [-0.39, 0.29) is 10.6 Å². The molecule has 0 saturated heterocycles. The highest BCUT2D eigenvalue weighted by molar-refractivity contribution is 9.10. The standard InChI is InChI=1S/C13H17BrN2O2S/c1-19-11-5-3-10(4-6-11)15-12-7-2-9(14)8-13(12)16(17)18/h2,7-8,10-11,15H,3-6H2,1H3. The highest BCUT2D eigenvalue weighted by Crippen LogP contribution is 2.32. The molecule has 1 fully saturated rings. The van der Waals surface area contributed by atoms with Crippen LogP contribution in [0.2, 0.25) is 0 Å². The average Bonchev–Trinajstić information content (AvgIpc) is 2.41. The molecule has 1 aromatic rings. The van der Waals surface area contributed by atoms with E-state index >= 15 is 0 Å². The Hall–Kier alpha value is -0.750. The van der Waals surface area contributed by atoms with E-state index in [1.807, 2.05) is 17.8 Å². The van der Waals surface area contributed by atoms with Gasteiger partial charge in [-0.05, 0) is 44.1 Å². The van der Waals surface area contributed by atoms with Crippen molar-refractivity contribution in [3.63, 3.8) is 0 Å². The molecule has 4 nitrogen and oxygen atoms in total. The third-order valence-corrected chi connectivity index (χ3v) is 5.15. The Morgan fingerprint density at radius 1 is 1.37 bits per heavy atom. The number of nitro groups is 1. The molecule has 1 aliphatic carbocycles. The van der Waals surface area contributed by atoms with Crippen molar-refractivity contribution in [1.29, 1.82) is 0 Å². The van der Waals surface area contributed by atoms with Gasteiger partial charge in [0.25, 0.3) is 5.69 Å². The summed E-state index contributed by atoms with van der Waals surface area (Å²) in [6.07, 6.45) is 6.68. The van der Waals surface area contributed by atoms with Crippen LogP contribution in [-0.4, -0.2) is 22.5 Å². The van der Waals surface area contributed by atoms with Crippen molar-refractivity contribution in [2.75, 3.05) is 11.6 Å². The van der Waals surface area contributed by atoms with E-state index in [0.717, 1.165) is 22.6 Å². The minimum absolute atomic E-state index is 0.140. The molecule has 1 aromatic carbocycles. The first-order valence-corrected chi connectivity index (χ1v) is 8.41. The number of nitro benzene ring substituents is 1. The predicted molar refractivity (Wildman–Crippen MR) is 84.0 cm³/mol. The number of anilines is 1. The first-order valence-electron chi connectivity index (χ1n) is 6.33. The summed E-state index contributed by atoms with van der Waals surface area (Å²) in [6.45, 7) is 0. The highest BCUT2D eigenvalue weighted by atomic mass is 79.9. The number of halogens is 1. The number of thioether (sulfide) groups is 1. The van der Waals surface area contributed by atoms with Gasteiger partial charge in [-0.2, -0.15) is 11.8 Å². The molecule has 0 aromatic heterocycles. The van der Waals surface area contributed by atoms with E-state index in [0.29, 0.717) is 11.7 Å². The molecular weight excluding hydrogens is 328 g/mol. The van der Waals surface area contributed by atoms with E-state index in [9.17, 15) is 10.1 Å². The van der Waals surface area contributed by atoms with Crippen LogP contribution in [0.3, 0.4) is 0 Å². The van der Waals surface area contributed by atoms with Crippen molar-refractivity contribution in [2.24, 2.45) is 0 Å². The van der Waals surface area contributed by atoms with Crippen LogP contribution in [0.5, 0.6) is 0 Å². The lowest BCUT2D eigenvalue weighted by Gasteiger charge is -2.28. The van der Waals surface area contributed by atoms with Gasteiger partial charge in [-0.1, -0.05) is 15.9 Å². The monoisotopic (exact) mass is 344 g/mol. The van der Waals surface area contributed by atoms with Crippen LogP contribution in [0.1, 0.15) is 25.7 Å². The zero-order valence-electron chi connectivity index (χ0n) is 10.8. The fourth-order valence-corrected chi connectivity index (χ4v) is 3.53. The van der Waals surface area contributed by atoms with Crippen LogP contribution in [0.25, 0.3) is 0 Å². The van der Waals surface area contributed by atoms with Crippen molar-refractivity contribution in [3.8, 4) is 0 Å². The maximum absolute atomic E-state index is 11.1. The third kappa shape index (κ3) is 3.86. The van der Waals surface area contributed by atoms with Gasteiger partial charge in [0.05, 0.1) is 4.92 Å². The number of benzene rings is 1. The quantitative estimate of drug-likeness (QED) is 0.647. The van der Waals surface area contributed by atoms with Crippen LogP contribution in [0, 0.1) is 10.1 Å². The number of hydrogen-bond donors (Lipinski definition) is 1. The fraction of sp³-hybridized carbons (Fsp3) is 0.538. The number of nitrogens with one attached hydrogen (secondary N) is 1. The molecule has 0 unspecified atom stereocenters. The molecule has 19 heavy (non-hydrogen) atoms. The van der Waals surface area contributed by atoms with Gasteiger partial charge >= 0.3 is 0 Å². The van der Waals surface area contributed by atoms with E-state index in [4.69, 9.17) is 0 Å². The van der Waals surface area contributed by atoms with Crippen LogP contribution < -0.4 is 5.32 Å². The van der Waals surface area contributed by atoms with Gasteiger partial charge in [0.15, 0.2) is 0 Å². The molecule has 0 spiro atoms. The molecule has 6 heteroatoms. The lowest BCUT2D eigenvalue weighted by molar-refractivity contribution is -0.384. The molecule has 0 aliphatic heterocycles. The smallest absolute Gasteiger partial charge is 0.293 e. The predicted octanol–water partition coefficient (Wildman–Crippen LogP) is 4.44. The lowest BCUT2D eigenvalue weighted by atomic mass is 9.94. The first-order chi connectivity index (χ1) is 9.10. The SMILES string of the molecule is CSC1CCC(Nc2ccc(Br)cc2[N+](=O)[O-])CC1. The number of nitrogens with zero attached hydrogens (tertiary/aromatic N) is 1. The summed E-state index contributed by atoms with van der Waals surface area (Å²) in [5.41, 5.74) is 0.766. The summed E-state index contributed by atoms with van der Waals surface area (Å²) < 4.78 is 0.732. The fourth-order valence-electron chi connectivity index (χ4n) is 2.44. The summed E-state index contributed by atoms with van der Waals surface area (Å²) in [7, 11) is 0. The second-order valence-corrected chi connectivity index (χ2v) is 6.83. The lowest BCUT2D eigenvalue weighted by Crippen LogP contribution is -2.27. The van der Waals surface area contributed by atoms with E-state index in [1.54, 1.807) is 12.1 Å². The van der Waals surface area contributed by atoms with Crippen molar-refractivity contribution >= 4 is 39.1 Å². The summed E-state index contributed by atoms with van der Waals surface area (Å²) in [5.74, 6) is 0. The van der Waals surface area contributed by atoms with Gasteiger partial charge in [-0.3, -0.25) is 10.1 Å². The third-order valence-electron chi connectivity index (χ3n) is 3.52. The maximum atomic E-state index is 11.1. The van der Waals surface area contributed by atoms with Gasteiger partial charge in [0.2, 0.25) is 0 Å². The van der Waals surface area contributed by atoms with Crippen molar-refractivity contribution in [1.82, 2.24) is 0 Å². The topological polar surface area (TPSA) is 55.2 Å². The van der Waals surface area contributed by atoms with Crippen molar-refractivity contribution in [3.05, 3.63) is 32.8 Å². The minimum atomic E-state index is -0.333. The first kappa shape index (κ1) is 14.7. The molecule has 0 amide bonds. The van der Waals surface area contributed by atoms with E-state index < -0.39 is 0 Å². The van der Waals surface area contributed by atoms with Crippen LogP contribution in [0.15, 0.2) is 22.7 Å². The average molecular weight is 345 g/mol. The van der Waals surface area contributed by atoms with Crippen LogP contribution in [-0.2, 0) is 0 Å². The Bertz CT molecular complexity index is 462. The summed E-state index contributed by atoms with van der Waals surface area (Å²) >= 11 is 5.19. The van der Waals surface area contributed by atoms with Gasteiger partial charge in [0, 0.05) is 21.8 Å². The van der Waals surface area contributed by atoms with Gasteiger partial charge in [0.1, 0.15) is 5.69 Å². The Morgan fingerprint density at radius 2 is 2.05 bits per heavy atom. The zero-order valence-corrected chi connectivity index (χ0v) is 13.2. The second-order valence-electron chi connectivity index (χ2n) is 4.77. The Labute approximate surface area is 125 Å². The molecule has 1 saturated carbocycles. The van der Waals surface area contributed by atoms with Gasteiger partial charge in [-0.15, -0.1) is 0 Å². The summed E-state index contributed by atoms with van der Waals surface area (Å²) in [5, 5.41) is 15.1. The molecule has 0 atom stereocenters. The molecule has 0 heterocycles. The van der Waals surface area contributed by atoms with E-state index in [1.165, 1.54) is 12.8 Å². The normalized spacial score (nSPS) is 23.1. The molecule has 1 N–H and O–H groups in total. The Morgan fingerprint density at radius 3 is 2.63 bits per heavy atom. The van der Waals surface area contributed by atoms with Crippen molar-refractivity contribution in [2.45, 2.75) is 37.0 Å². The molecule has 2 rings (SSSR count). The van der Waals surface area contributed by atoms with Gasteiger partial charge < -0.3 is 5.32 Å². The maximum Gasteiger partial charge on any atom is 0.293 e. The number of hydrogen-bond acceptors (Lipinski definition) is 4. The molecule has 0 radical (unpaired) electrons. The largest absolute Gasteiger partial charge is 0.377 e. The molecule has 0 bridgehead atoms. The van der Waals surface area contributed by atoms with Crippen molar-refractivity contribution < 1.29 is 4.92 Å². The van der Waals surface area contributed by atoms with Gasteiger partial charge in [-0.25, -0.2) is 0 Å². The molecule has 104 valence electrons. The second kappa shape index (κ2) is 6.61. The highest BCUT2D eigenvalue weighted by Gasteiger charge is 2.23. The zero-order chi connectivity index (χ0) is 13.8. The van der Waals surface area contributed by atoms with E-state index in [2.05, 4.69) is 27.5 Å². The van der Waals surface area contributed by atoms with Crippen LogP contribution in [0.4, 0.5) is 11.4 Å². The molecular formula is C13H17BrN2O2S.